The zero-order valence-corrected chi connectivity index (χ0v) is 25.5. The molecule has 0 aromatic heterocycles. The predicted molar refractivity (Wildman–Crippen MR) is 162 cm³/mol. The van der Waals surface area contributed by atoms with Gasteiger partial charge in [-0.15, -0.1) is 0 Å². The molecule has 0 aliphatic carbocycles. The third kappa shape index (κ3) is 27.6. The minimum absolute atomic E-state index is 0.160. The van der Waals surface area contributed by atoms with Crippen LogP contribution in [0.25, 0.3) is 0 Å². The molecule has 3 nitrogen and oxygen atoms in total. The van der Waals surface area contributed by atoms with Crippen LogP contribution in [-0.2, 0) is 0 Å². The zero-order chi connectivity index (χ0) is 25.2. The first kappa shape index (κ1) is 35.0. The Balaban J connectivity index is 3.44. The van der Waals surface area contributed by atoms with Crippen molar-refractivity contribution in [1.82, 2.24) is 0 Å². The van der Waals surface area contributed by atoms with Crippen molar-refractivity contribution in [2.75, 3.05) is 35.3 Å². The van der Waals surface area contributed by atoms with Crippen LogP contribution in [0.15, 0.2) is 0 Å². The average molecular weight is 541 g/mol. The fourth-order valence-corrected chi connectivity index (χ4v) is 9.68. The van der Waals surface area contributed by atoms with E-state index in [9.17, 15) is 14.7 Å². The van der Waals surface area contributed by atoms with E-state index in [4.69, 9.17) is 0 Å². The molecule has 3 N–H and O–H groups in total. The molecule has 6 heteroatoms. The van der Waals surface area contributed by atoms with Crippen molar-refractivity contribution in [3.8, 4) is 0 Å². The quantitative estimate of drug-likeness (QED) is 0.0681. The van der Waals surface area contributed by atoms with Gasteiger partial charge in [-0.05, 0) is 0 Å². The second kappa shape index (κ2) is 24.4. The monoisotopic (exact) mass is 540 g/mol. The van der Waals surface area contributed by atoms with Gasteiger partial charge >= 0.3 is 184 Å². The summed E-state index contributed by atoms with van der Waals surface area (Å²) < 4.78 is 0. The van der Waals surface area contributed by atoms with Gasteiger partial charge in [0.1, 0.15) is 0 Å². The molecule has 208 valence electrons. The van der Waals surface area contributed by atoms with Crippen molar-refractivity contribution in [2.24, 2.45) is 0 Å². The third-order valence-corrected chi connectivity index (χ3v) is 11.7. The maximum atomic E-state index is 10.3. The second-order valence-electron chi connectivity index (χ2n) is 10.4. The molecule has 0 aliphatic rings. The van der Waals surface area contributed by atoms with Gasteiger partial charge in [-0.1, -0.05) is 39.5 Å². The van der Waals surface area contributed by atoms with Gasteiger partial charge in [0, 0.05) is 0 Å². The Kier molecular flexibility index (Phi) is 25.1. The molecule has 0 spiro atoms. The van der Waals surface area contributed by atoms with Crippen LogP contribution in [0, 0.1) is 0 Å². The summed E-state index contributed by atoms with van der Waals surface area (Å²) in [5.74, 6) is 3.44. The van der Waals surface area contributed by atoms with E-state index in [0.717, 1.165) is 11.5 Å². The Morgan fingerprint density at radius 3 is 0.941 bits per heavy atom. The van der Waals surface area contributed by atoms with E-state index in [1.165, 1.54) is 128 Å². The molecule has 34 heavy (non-hydrogen) atoms. The minimum Gasteiger partial charge on any atom is -0.0654 e. The molecule has 0 atom stereocenters. The molecular formula is C28H61O3PS2. The summed E-state index contributed by atoms with van der Waals surface area (Å²) >= 11 is 3.53. The van der Waals surface area contributed by atoms with Crippen LogP contribution in [0.4, 0.5) is 0 Å². The van der Waals surface area contributed by atoms with Crippen LogP contribution in [0.1, 0.15) is 142 Å². The van der Waals surface area contributed by atoms with Crippen molar-refractivity contribution < 1.29 is 14.7 Å². The summed E-state index contributed by atoms with van der Waals surface area (Å²) in [5.41, 5.74) is 0. The smallest absolute Gasteiger partial charge is 0.0654 e. The Bertz CT molecular complexity index is 382. The fourth-order valence-electron chi connectivity index (χ4n) is 4.20. The van der Waals surface area contributed by atoms with Crippen LogP contribution < -0.4 is 0 Å². The zero-order valence-electron chi connectivity index (χ0n) is 23.0. The number of unbranched alkanes of at least 4 members (excludes halogenated alkanes) is 18. The Labute approximate surface area is 222 Å². The van der Waals surface area contributed by atoms with E-state index in [2.05, 4.69) is 13.8 Å². The van der Waals surface area contributed by atoms with Crippen molar-refractivity contribution in [3.63, 3.8) is 0 Å². The van der Waals surface area contributed by atoms with Crippen LogP contribution in [0.5, 0.6) is 0 Å². The van der Waals surface area contributed by atoms with E-state index in [-0.39, 0.29) is 12.3 Å². The van der Waals surface area contributed by atoms with E-state index >= 15 is 0 Å². The topological polar surface area (TPSA) is 60.7 Å². The molecule has 0 radical (unpaired) electrons. The van der Waals surface area contributed by atoms with Crippen molar-refractivity contribution in [2.45, 2.75) is 142 Å². The van der Waals surface area contributed by atoms with Gasteiger partial charge in [0.25, 0.3) is 0 Å². The summed E-state index contributed by atoms with van der Waals surface area (Å²) in [6.45, 7) is 4.53. The van der Waals surface area contributed by atoms with E-state index in [1.807, 2.05) is 0 Å². The molecule has 0 heterocycles. The molecule has 0 saturated carbocycles. The third-order valence-electron chi connectivity index (χ3n) is 6.67. The number of hydrogen-bond acceptors (Lipinski definition) is 5. The summed E-state index contributed by atoms with van der Waals surface area (Å²) in [5, 5.41) is 0. The molecule has 0 aliphatic heterocycles. The van der Waals surface area contributed by atoms with Gasteiger partial charge in [-0.25, -0.2) is 0 Å². The Morgan fingerprint density at radius 1 is 0.382 bits per heavy atom. The maximum absolute atomic E-state index is 10.3. The average Bonchev–Trinajstić information content (AvgIpc) is 2.79. The number of thioether (sulfide) groups is 2. The molecule has 0 unspecified atom stereocenters. The molecule has 0 bridgehead atoms. The van der Waals surface area contributed by atoms with Gasteiger partial charge < -0.3 is 0 Å². The molecule has 0 amide bonds. The Hall–Kier alpha value is 1.01. The predicted octanol–water partition coefficient (Wildman–Crippen LogP) is 9.57. The summed E-state index contributed by atoms with van der Waals surface area (Å²) in [6.07, 6.45) is 27.2. The van der Waals surface area contributed by atoms with Crippen LogP contribution in [0.2, 0.25) is 0 Å². The van der Waals surface area contributed by atoms with Crippen molar-refractivity contribution in [1.29, 1.82) is 0 Å². The SMILES string of the molecule is CCCCCCCCCCCCSCCP(O)(O)(O)CCSCCCCCCCCCCCC. The van der Waals surface area contributed by atoms with Crippen LogP contribution >= 0.6 is 30.8 Å². The van der Waals surface area contributed by atoms with E-state index < -0.39 is 7.28 Å². The Morgan fingerprint density at radius 2 is 0.647 bits per heavy atom. The van der Waals surface area contributed by atoms with Gasteiger partial charge in [-0.3, -0.25) is 0 Å². The summed E-state index contributed by atoms with van der Waals surface area (Å²) in [7, 11) is -4.42. The number of hydrogen-bond donors (Lipinski definition) is 3. The van der Waals surface area contributed by atoms with E-state index in [1.54, 1.807) is 23.5 Å². The van der Waals surface area contributed by atoms with Gasteiger partial charge in [0.15, 0.2) is 0 Å². The fraction of sp³-hybridized carbons (Fsp3) is 1.00. The minimum atomic E-state index is -4.42. The van der Waals surface area contributed by atoms with Gasteiger partial charge in [0.05, 0.1) is 0 Å². The summed E-state index contributed by atoms with van der Waals surface area (Å²) in [4.78, 5) is 31.0. The van der Waals surface area contributed by atoms with Crippen molar-refractivity contribution >= 4 is 30.8 Å². The normalized spacial score (nSPS) is 13.3. The summed E-state index contributed by atoms with van der Waals surface area (Å²) in [6, 6.07) is 0. The number of rotatable bonds is 28. The molecule has 0 aromatic carbocycles. The first-order chi connectivity index (χ1) is 16.4. The van der Waals surface area contributed by atoms with Crippen LogP contribution in [0.3, 0.4) is 0 Å². The molecule has 0 saturated heterocycles. The van der Waals surface area contributed by atoms with Gasteiger partial charge in [0.2, 0.25) is 0 Å². The van der Waals surface area contributed by atoms with E-state index in [0.29, 0.717) is 11.5 Å². The van der Waals surface area contributed by atoms with Crippen LogP contribution in [-0.4, -0.2) is 50.0 Å². The second-order valence-corrected chi connectivity index (χ2v) is 16.4. The molecular weight excluding hydrogens is 479 g/mol. The molecule has 0 rings (SSSR count). The van der Waals surface area contributed by atoms with Gasteiger partial charge in [-0.2, -0.15) is 0 Å². The van der Waals surface area contributed by atoms with Crippen molar-refractivity contribution in [3.05, 3.63) is 0 Å². The molecule has 0 fully saturated rings. The first-order valence-corrected chi connectivity index (χ1v) is 19.6. The standard InChI is InChI=1S/C28H61O3PS2/c1-3-5-7-9-11-13-15-17-19-21-25-33-27-23-32(29,30,31)24-28-34-26-22-20-18-16-14-12-10-8-6-4-2/h29-31H,3-28H2,1-2H3. The first-order valence-electron chi connectivity index (χ1n) is 14.8. The molecule has 0 aromatic rings.